The molecule has 0 fully saturated rings. The van der Waals surface area contributed by atoms with Crippen LogP contribution < -0.4 is 5.32 Å². The first kappa shape index (κ1) is 13.5. The summed E-state index contributed by atoms with van der Waals surface area (Å²) >= 11 is 1.49. The number of hydrogen-bond donors (Lipinski definition) is 1. The molecule has 21 heavy (non-hydrogen) atoms. The Kier molecular flexibility index (Phi) is 3.81. The van der Waals surface area contributed by atoms with Gasteiger partial charge in [0, 0.05) is 19.2 Å². The van der Waals surface area contributed by atoms with Gasteiger partial charge in [-0.15, -0.1) is 5.10 Å². The van der Waals surface area contributed by atoms with Crippen molar-refractivity contribution in [1.29, 1.82) is 5.26 Å². The Labute approximate surface area is 125 Å². The van der Waals surface area contributed by atoms with Gasteiger partial charge in [-0.1, -0.05) is 23.5 Å². The minimum absolute atomic E-state index is 0.629. The van der Waals surface area contributed by atoms with Gasteiger partial charge in [0.25, 0.3) is 0 Å². The number of anilines is 1. The molecule has 0 bridgehead atoms. The highest BCUT2D eigenvalue weighted by Crippen LogP contribution is 2.26. The van der Waals surface area contributed by atoms with Gasteiger partial charge in [0.2, 0.25) is 10.1 Å². The van der Waals surface area contributed by atoms with E-state index in [-0.39, 0.29) is 0 Å². The summed E-state index contributed by atoms with van der Waals surface area (Å²) in [4.78, 5) is 5.20. The van der Waals surface area contributed by atoms with Crippen LogP contribution in [0, 0.1) is 11.3 Å². The van der Waals surface area contributed by atoms with E-state index in [1.807, 2.05) is 12.1 Å². The van der Waals surface area contributed by atoms with Gasteiger partial charge in [-0.05, 0) is 12.1 Å². The Morgan fingerprint density at radius 3 is 2.90 bits per heavy atom. The monoisotopic (exact) mass is 299 g/mol. The lowest BCUT2D eigenvalue weighted by atomic mass is 10.1. The van der Waals surface area contributed by atoms with Crippen LogP contribution >= 0.6 is 11.3 Å². The molecule has 6 nitrogen and oxygen atoms in total. The summed E-state index contributed by atoms with van der Waals surface area (Å²) in [6.07, 6.45) is 1.79. The molecule has 0 aliphatic carbocycles. The van der Waals surface area contributed by atoms with E-state index in [9.17, 15) is 0 Å². The van der Waals surface area contributed by atoms with Crippen LogP contribution in [0.2, 0.25) is 0 Å². The third kappa shape index (κ3) is 2.72. The summed E-state index contributed by atoms with van der Waals surface area (Å²) < 4.78 is 6.81. The number of nitrogens with zero attached hydrogens (tertiary/aromatic N) is 4. The van der Waals surface area contributed by atoms with Gasteiger partial charge in [0.05, 0.1) is 30.1 Å². The first-order valence-corrected chi connectivity index (χ1v) is 7.21. The molecule has 2 aromatic heterocycles. The molecular weight excluding hydrogens is 286 g/mol. The van der Waals surface area contributed by atoms with E-state index < -0.39 is 0 Å². The maximum absolute atomic E-state index is 8.84. The lowest BCUT2D eigenvalue weighted by Gasteiger charge is -2.00. The number of aromatic nitrogens is 3. The summed E-state index contributed by atoms with van der Waals surface area (Å²) in [7, 11) is 1.67. The number of ether oxygens (including phenoxy) is 1. The second kappa shape index (κ2) is 5.91. The van der Waals surface area contributed by atoms with E-state index in [4.69, 9.17) is 10.00 Å². The van der Waals surface area contributed by atoms with Crippen molar-refractivity contribution in [3.8, 4) is 17.3 Å². The predicted octanol–water partition coefficient (Wildman–Crippen LogP) is 2.39. The Bertz CT molecular complexity index is 784. The summed E-state index contributed by atoms with van der Waals surface area (Å²) in [6.45, 7) is 1.34. The van der Waals surface area contributed by atoms with E-state index in [2.05, 4.69) is 21.5 Å². The van der Waals surface area contributed by atoms with Crippen molar-refractivity contribution < 1.29 is 4.74 Å². The zero-order chi connectivity index (χ0) is 14.7. The van der Waals surface area contributed by atoms with Crippen LogP contribution in [0.3, 0.4) is 0 Å². The second-order valence-corrected chi connectivity index (χ2v) is 5.31. The Balaban J connectivity index is 1.89. The van der Waals surface area contributed by atoms with Crippen molar-refractivity contribution in [2.45, 2.75) is 0 Å². The fraction of sp³-hybridized carbons (Fsp3) is 0.214. The van der Waals surface area contributed by atoms with Gasteiger partial charge < -0.3 is 10.1 Å². The maximum atomic E-state index is 8.84. The summed E-state index contributed by atoms with van der Waals surface area (Å²) in [6, 6.07) is 9.50. The van der Waals surface area contributed by atoms with E-state index in [1.165, 1.54) is 11.3 Å². The molecule has 1 aromatic carbocycles. The number of nitrogens with one attached hydrogen (secondary N) is 1. The number of methoxy groups -OCH3 is 1. The fourth-order valence-corrected chi connectivity index (χ4v) is 2.74. The van der Waals surface area contributed by atoms with Crippen LogP contribution in [0.5, 0.6) is 0 Å². The van der Waals surface area contributed by atoms with Crippen molar-refractivity contribution in [3.05, 3.63) is 36.0 Å². The summed E-state index contributed by atoms with van der Waals surface area (Å²) in [5.41, 5.74) is 2.53. The number of hydrogen-bond acceptors (Lipinski definition) is 6. The van der Waals surface area contributed by atoms with Crippen LogP contribution in [-0.2, 0) is 4.74 Å². The predicted molar refractivity (Wildman–Crippen MR) is 81.4 cm³/mol. The van der Waals surface area contributed by atoms with Gasteiger partial charge in [0.15, 0.2) is 0 Å². The normalized spacial score (nSPS) is 10.7. The molecule has 0 spiro atoms. The molecular formula is C14H13N5OS. The quantitative estimate of drug-likeness (QED) is 0.732. The van der Waals surface area contributed by atoms with Crippen molar-refractivity contribution in [1.82, 2.24) is 14.6 Å². The standard InChI is InChI=1S/C14H13N5OS/c1-20-7-6-16-13-18-19-12(9-17-14(19)21-13)11-4-2-10(8-15)3-5-11/h2-5,9H,6-7H2,1H3,(H,16,18). The summed E-state index contributed by atoms with van der Waals surface area (Å²) in [5.74, 6) is 0. The maximum Gasteiger partial charge on any atom is 0.214 e. The summed E-state index contributed by atoms with van der Waals surface area (Å²) in [5, 5.41) is 17.4. The highest BCUT2D eigenvalue weighted by Gasteiger charge is 2.11. The van der Waals surface area contributed by atoms with E-state index >= 15 is 0 Å². The van der Waals surface area contributed by atoms with E-state index in [1.54, 1.807) is 30.0 Å². The molecule has 0 unspecified atom stereocenters. The Morgan fingerprint density at radius 1 is 1.38 bits per heavy atom. The molecule has 0 radical (unpaired) electrons. The third-order valence-electron chi connectivity index (χ3n) is 2.98. The Morgan fingerprint density at radius 2 is 2.19 bits per heavy atom. The SMILES string of the molecule is COCCNc1nn2c(-c3ccc(C#N)cc3)cnc2s1. The molecule has 0 saturated carbocycles. The van der Waals surface area contributed by atoms with E-state index in [0.29, 0.717) is 18.7 Å². The van der Waals surface area contributed by atoms with Crippen molar-refractivity contribution in [2.24, 2.45) is 0 Å². The number of benzene rings is 1. The second-order valence-electron chi connectivity index (χ2n) is 4.35. The zero-order valence-corrected chi connectivity index (χ0v) is 12.2. The van der Waals surface area contributed by atoms with Crippen molar-refractivity contribution >= 4 is 21.4 Å². The highest BCUT2D eigenvalue weighted by molar-refractivity contribution is 7.20. The topological polar surface area (TPSA) is 75.2 Å². The molecule has 0 saturated heterocycles. The largest absolute Gasteiger partial charge is 0.383 e. The molecule has 1 N–H and O–H groups in total. The Hall–Kier alpha value is -2.43. The molecule has 0 aliphatic rings. The number of imidazole rings is 1. The van der Waals surface area contributed by atoms with Crippen molar-refractivity contribution in [3.63, 3.8) is 0 Å². The average Bonchev–Trinajstić information content (AvgIpc) is 3.08. The average molecular weight is 299 g/mol. The van der Waals surface area contributed by atoms with Gasteiger partial charge in [-0.2, -0.15) is 5.26 Å². The fourth-order valence-electron chi connectivity index (χ4n) is 1.94. The van der Waals surface area contributed by atoms with Crippen LogP contribution in [0.4, 0.5) is 5.13 Å². The third-order valence-corrected chi connectivity index (χ3v) is 3.86. The van der Waals surface area contributed by atoms with Crippen molar-refractivity contribution in [2.75, 3.05) is 25.6 Å². The lowest BCUT2D eigenvalue weighted by molar-refractivity contribution is 0.210. The molecule has 7 heteroatoms. The minimum Gasteiger partial charge on any atom is -0.383 e. The molecule has 2 heterocycles. The molecule has 3 aromatic rings. The van der Waals surface area contributed by atoms with E-state index in [0.717, 1.165) is 21.3 Å². The molecule has 0 atom stereocenters. The minimum atomic E-state index is 0.629. The number of rotatable bonds is 5. The molecule has 0 amide bonds. The van der Waals surface area contributed by atoms with Crippen LogP contribution in [0.25, 0.3) is 16.2 Å². The molecule has 0 aliphatic heterocycles. The number of fused-ring (bicyclic) bond motifs is 1. The van der Waals surface area contributed by atoms with Gasteiger partial charge in [0.1, 0.15) is 0 Å². The molecule has 106 valence electrons. The van der Waals surface area contributed by atoms with Gasteiger partial charge >= 0.3 is 0 Å². The lowest BCUT2D eigenvalue weighted by Crippen LogP contribution is -2.07. The molecule has 3 rings (SSSR count). The highest BCUT2D eigenvalue weighted by atomic mass is 32.1. The zero-order valence-electron chi connectivity index (χ0n) is 11.4. The van der Waals surface area contributed by atoms with Crippen LogP contribution in [0.15, 0.2) is 30.5 Å². The van der Waals surface area contributed by atoms with Gasteiger partial charge in [-0.25, -0.2) is 9.50 Å². The number of nitriles is 1. The first-order valence-electron chi connectivity index (χ1n) is 6.40. The first-order chi connectivity index (χ1) is 10.3. The van der Waals surface area contributed by atoms with Crippen LogP contribution in [-0.4, -0.2) is 34.9 Å². The van der Waals surface area contributed by atoms with Crippen LogP contribution in [0.1, 0.15) is 5.56 Å². The smallest absolute Gasteiger partial charge is 0.214 e. The van der Waals surface area contributed by atoms with Gasteiger partial charge in [-0.3, -0.25) is 0 Å².